The van der Waals surface area contributed by atoms with Crippen LogP contribution in [0.3, 0.4) is 0 Å². The number of rotatable bonds is 4. The number of nitrogen functional groups attached to an aromatic ring is 1. The van der Waals surface area contributed by atoms with E-state index >= 15 is 0 Å². The maximum atomic E-state index is 12.1. The lowest BCUT2D eigenvalue weighted by Gasteiger charge is -2.05. The molecule has 0 heterocycles. The molecule has 1 atom stereocenters. The van der Waals surface area contributed by atoms with E-state index in [0.717, 1.165) is 6.42 Å². The predicted molar refractivity (Wildman–Crippen MR) is 77.3 cm³/mol. The monoisotopic (exact) mass is 279 g/mol. The standard InChI is InChI=1S/C14H14ClNOS/c15-13-10-12(16)6-7-14(13)18(17)9-8-11-4-2-1-3-5-11/h1-7,10H,8-9,16H2. The number of halogens is 1. The molecule has 4 heteroatoms. The van der Waals surface area contributed by atoms with Gasteiger partial charge in [-0.3, -0.25) is 4.21 Å². The quantitative estimate of drug-likeness (QED) is 0.873. The summed E-state index contributed by atoms with van der Waals surface area (Å²) in [4.78, 5) is 0.654. The van der Waals surface area contributed by atoms with Crippen molar-refractivity contribution in [1.29, 1.82) is 0 Å². The lowest BCUT2D eigenvalue weighted by Crippen LogP contribution is -2.02. The van der Waals surface area contributed by atoms with Crippen LogP contribution in [0.2, 0.25) is 5.02 Å². The van der Waals surface area contributed by atoms with Crippen LogP contribution in [-0.4, -0.2) is 9.96 Å². The van der Waals surface area contributed by atoms with Crippen LogP contribution >= 0.6 is 11.6 Å². The van der Waals surface area contributed by atoms with Crippen molar-refractivity contribution < 1.29 is 4.21 Å². The maximum Gasteiger partial charge on any atom is 0.0587 e. The van der Waals surface area contributed by atoms with Crippen LogP contribution in [0.4, 0.5) is 5.69 Å². The van der Waals surface area contributed by atoms with E-state index in [-0.39, 0.29) is 0 Å². The summed E-state index contributed by atoms with van der Waals surface area (Å²) in [6.07, 6.45) is 0.772. The lowest BCUT2D eigenvalue weighted by molar-refractivity contribution is 0.682. The molecule has 0 saturated carbocycles. The molecule has 0 aliphatic rings. The van der Waals surface area contributed by atoms with Crippen molar-refractivity contribution in [3.05, 3.63) is 59.1 Å². The molecule has 2 rings (SSSR count). The molecular formula is C14H14ClNOS. The molecule has 0 radical (unpaired) electrons. The van der Waals surface area contributed by atoms with Crippen molar-refractivity contribution in [3.8, 4) is 0 Å². The Morgan fingerprint density at radius 3 is 2.50 bits per heavy atom. The second-order valence-electron chi connectivity index (χ2n) is 3.98. The summed E-state index contributed by atoms with van der Waals surface area (Å²) in [6.45, 7) is 0. The summed E-state index contributed by atoms with van der Waals surface area (Å²) in [5.41, 5.74) is 7.37. The highest BCUT2D eigenvalue weighted by atomic mass is 35.5. The van der Waals surface area contributed by atoms with Gasteiger partial charge in [0.2, 0.25) is 0 Å². The third-order valence-electron chi connectivity index (χ3n) is 2.62. The first-order valence-corrected chi connectivity index (χ1v) is 7.34. The van der Waals surface area contributed by atoms with Crippen molar-refractivity contribution >= 4 is 28.1 Å². The van der Waals surface area contributed by atoms with E-state index in [1.165, 1.54) is 5.56 Å². The second kappa shape index (κ2) is 6.03. The third kappa shape index (κ3) is 3.34. The van der Waals surface area contributed by atoms with E-state index in [2.05, 4.69) is 0 Å². The number of aryl methyl sites for hydroxylation is 1. The Balaban J connectivity index is 2.04. The van der Waals surface area contributed by atoms with Crippen LogP contribution in [0.1, 0.15) is 5.56 Å². The minimum Gasteiger partial charge on any atom is -0.399 e. The number of anilines is 1. The second-order valence-corrected chi connectivity index (χ2v) is 5.92. The van der Waals surface area contributed by atoms with Crippen molar-refractivity contribution in [2.24, 2.45) is 0 Å². The van der Waals surface area contributed by atoms with Gasteiger partial charge in [0.1, 0.15) is 0 Å². The molecular weight excluding hydrogens is 266 g/mol. The van der Waals surface area contributed by atoms with E-state index in [0.29, 0.717) is 21.4 Å². The Labute approximate surface area is 114 Å². The number of hydrogen-bond donors (Lipinski definition) is 1. The molecule has 2 N–H and O–H groups in total. The largest absolute Gasteiger partial charge is 0.399 e. The summed E-state index contributed by atoms with van der Waals surface area (Å²) in [5, 5.41) is 0.474. The van der Waals surface area contributed by atoms with Crippen LogP contribution in [0.5, 0.6) is 0 Å². The van der Waals surface area contributed by atoms with Crippen molar-refractivity contribution in [1.82, 2.24) is 0 Å². The Morgan fingerprint density at radius 1 is 1.11 bits per heavy atom. The summed E-state index contributed by atoms with van der Waals surface area (Å²) < 4.78 is 12.1. The SMILES string of the molecule is Nc1ccc(S(=O)CCc2ccccc2)c(Cl)c1. The first-order chi connectivity index (χ1) is 8.66. The molecule has 0 aliphatic carbocycles. The van der Waals surface area contributed by atoms with Gasteiger partial charge in [-0.25, -0.2) is 0 Å². The van der Waals surface area contributed by atoms with E-state index in [1.54, 1.807) is 18.2 Å². The molecule has 0 aromatic heterocycles. The van der Waals surface area contributed by atoms with Gasteiger partial charge in [-0.05, 0) is 30.2 Å². The number of hydrogen-bond acceptors (Lipinski definition) is 2. The van der Waals surface area contributed by atoms with Gasteiger partial charge in [0.15, 0.2) is 0 Å². The summed E-state index contributed by atoms with van der Waals surface area (Å²) in [7, 11) is -1.09. The molecule has 0 bridgehead atoms. The van der Waals surface area contributed by atoms with Gasteiger partial charge < -0.3 is 5.73 Å². The van der Waals surface area contributed by atoms with Gasteiger partial charge in [-0.2, -0.15) is 0 Å². The van der Waals surface area contributed by atoms with Gasteiger partial charge in [0.05, 0.1) is 20.7 Å². The Kier molecular flexibility index (Phi) is 4.39. The van der Waals surface area contributed by atoms with Crippen LogP contribution in [0, 0.1) is 0 Å². The first kappa shape index (κ1) is 13.1. The summed E-state index contributed by atoms with van der Waals surface area (Å²) in [6, 6.07) is 15.1. The topological polar surface area (TPSA) is 43.1 Å². The van der Waals surface area contributed by atoms with Gasteiger partial charge in [0.25, 0.3) is 0 Å². The van der Waals surface area contributed by atoms with Crippen LogP contribution in [0.25, 0.3) is 0 Å². The normalized spacial score (nSPS) is 12.3. The average Bonchev–Trinajstić information content (AvgIpc) is 2.37. The highest BCUT2D eigenvalue weighted by Crippen LogP contribution is 2.22. The molecule has 0 spiro atoms. The molecule has 18 heavy (non-hydrogen) atoms. The van der Waals surface area contributed by atoms with Gasteiger partial charge in [-0.1, -0.05) is 41.9 Å². The van der Waals surface area contributed by atoms with Crippen LogP contribution < -0.4 is 5.73 Å². The van der Waals surface area contributed by atoms with E-state index in [4.69, 9.17) is 17.3 Å². The molecule has 1 unspecified atom stereocenters. The van der Waals surface area contributed by atoms with E-state index < -0.39 is 10.8 Å². The molecule has 2 aromatic carbocycles. The molecule has 0 saturated heterocycles. The molecule has 0 fully saturated rings. The van der Waals surface area contributed by atoms with E-state index in [9.17, 15) is 4.21 Å². The Hall–Kier alpha value is -1.32. The van der Waals surface area contributed by atoms with Gasteiger partial charge >= 0.3 is 0 Å². The number of benzene rings is 2. The third-order valence-corrected chi connectivity index (χ3v) is 4.47. The zero-order valence-corrected chi connectivity index (χ0v) is 11.4. The fraction of sp³-hybridized carbons (Fsp3) is 0.143. The van der Waals surface area contributed by atoms with Crippen molar-refractivity contribution in [2.75, 3.05) is 11.5 Å². The minimum atomic E-state index is -1.09. The van der Waals surface area contributed by atoms with Gasteiger partial charge in [0, 0.05) is 11.4 Å². The smallest absolute Gasteiger partial charge is 0.0587 e. The first-order valence-electron chi connectivity index (χ1n) is 5.64. The number of nitrogens with two attached hydrogens (primary N) is 1. The Morgan fingerprint density at radius 2 is 1.83 bits per heavy atom. The highest BCUT2D eigenvalue weighted by molar-refractivity contribution is 7.85. The zero-order valence-electron chi connectivity index (χ0n) is 9.80. The maximum absolute atomic E-state index is 12.1. The van der Waals surface area contributed by atoms with Crippen LogP contribution in [0.15, 0.2) is 53.4 Å². The zero-order chi connectivity index (χ0) is 13.0. The average molecular weight is 280 g/mol. The van der Waals surface area contributed by atoms with E-state index in [1.807, 2.05) is 30.3 Å². The molecule has 2 aromatic rings. The minimum absolute atomic E-state index is 0.474. The predicted octanol–water partition coefficient (Wildman–Crippen LogP) is 3.27. The molecule has 94 valence electrons. The molecule has 2 nitrogen and oxygen atoms in total. The summed E-state index contributed by atoms with van der Waals surface area (Å²) in [5.74, 6) is 0.563. The summed E-state index contributed by atoms with van der Waals surface area (Å²) >= 11 is 6.03. The fourth-order valence-corrected chi connectivity index (χ4v) is 3.25. The molecule has 0 amide bonds. The lowest BCUT2D eigenvalue weighted by atomic mass is 10.2. The van der Waals surface area contributed by atoms with Crippen molar-refractivity contribution in [3.63, 3.8) is 0 Å². The Bertz CT molecular complexity index is 557. The van der Waals surface area contributed by atoms with Crippen molar-refractivity contribution in [2.45, 2.75) is 11.3 Å². The fourth-order valence-electron chi connectivity index (χ4n) is 1.67. The van der Waals surface area contributed by atoms with Gasteiger partial charge in [-0.15, -0.1) is 0 Å². The van der Waals surface area contributed by atoms with Crippen LogP contribution in [-0.2, 0) is 17.2 Å². The highest BCUT2D eigenvalue weighted by Gasteiger charge is 2.09. The molecule has 0 aliphatic heterocycles.